The average Bonchev–Trinajstić information content (AvgIpc) is 3.01. The van der Waals surface area contributed by atoms with Crippen LogP contribution in [0.3, 0.4) is 0 Å². The molecule has 106 valence electrons. The van der Waals surface area contributed by atoms with Gasteiger partial charge in [-0.2, -0.15) is 4.98 Å². The first-order chi connectivity index (χ1) is 9.17. The molecule has 5 heteroatoms. The largest absolute Gasteiger partial charge is 0.339 e. The molecule has 19 heavy (non-hydrogen) atoms. The van der Waals surface area contributed by atoms with Crippen LogP contribution in [0.5, 0.6) is 0 Å². The summed E-state index contributed by atoms with van der Waals surface area (Å²) in [5.74, 6) is 1.50. The number of hydrogen-bond acceptors (Lipinski definition) is 5. The van der Waals surface area contributed by atoms with Crippen LogP contribution in [0, 0.1) is 6.92 Å². The van der Waals surface area contributed by atoms with Crippen molar-refractivity contribution in [2.24, 2.45) is 0 Å². The summed E-state index contributed by atoms with van der Waals surface area (Å²) >= 11 is 0. The number of hydrogen-bond donors (Lipinski definition) is 1. The number of nitrogens with zero attached hydrogens (tertiary/aromatic N) is 3. The molecule has 1 saturated carbocycles. The Kier molecular flexibility index (Phi) is 3.58. The van der Waals surface area contributed by atoms with Gasteiger partial charge in [0, 0.05) is 37.6 Å². The van der Waals surface area contributed by atoms with Crippen molar-refractivity contribution in [3.63, 3.8) is 0 Å². The van der Waals surface area contributed by atoms with Crippen LogP contribution in [-0.2, 0) is 6.42 Å². The third-order valence-corrected chi connectivity index (χ3v) is 4.64. The molecule has 1 aliphatic carbocycles. The zero-order chi connectivity index (χ0) is 13.3. The van der Waals surface area contributed by atoms with Gasteiger partial charge < -0.3 is 9.84 Å². The molecule has 1 atom stereocenters. The molecule has 0 radical (unpaired) electrons. The zero-order valence-corrected chi connectivity index (χ0v) is 12.0. The molecule has 3 rings (SSSR count). The molecular weight excluding hydrogens is 240 g/mol. The highest BCUT2D eigenvalue weighted by Crippen LogP contribution is 2.33. The van der Waals surface area contributed by atoms with E-state index in [4.69, 9.17) is 4.52 Å². The van der Waals surface area contributed by atoms with Crippen LogP contribution in [0.15, 0.2) is 4.52 Å². The lowest BCUT2D eigenvalue weighted by molar-refractivity contribution is 0.0882. The molecule has 0 bridgehead atoms. The summed E-state index contributed by atoms with van der Waals surface area (Å²) in [4.78, 5) is 6.87. The molecule has 1 aromatic rings. The summed E-state index contributed by atoms with van der Waals surface area (Å²) < 4.78 is 5.20. The first kappa shape index (κ1) is 13.1. The molecule has 0 amide bonds. The number of rotatable bonds is 3. The highest BCUT2D eigenvalue weighted by molar-refractivity contribution is 5.00. The van der Waals surface area contributed by atoms with Gasteiger partial charge in [0.25, 0.3) is 0 Å². The minimum Gasteiger partial charge on any atom is -0.339 e. The highest BCUT2D eigenvalue weighted by atomic mass is 16.5. The van der Waals surface area contributed by atoms with Crippen molar-refractivity contribution in [3.8, 4) is 0 Å². The number of piperazine rings is 1. The predicted octanol–water partition coefficient (Wildman–Crippen LogP) is 1.53. The summed E-state index contributed by atoms with van der Waals surface area (Å²) in [5, 5.41) is 7.64. The van der Waals surface area contributed by atoms with E-state index < -0.39 is 0 Å². The normalized spacial score (nSPS) is 27.2. The highest BCUT2D eigenvalue weighted by Gasteiger charge is 2.39. The van der Waals surface area contributed by atoms with Gasteiger partial charge in [-0.3, -0.25) is 4.90 Å². The van der Waals surface area contributed by atoms with Gasteiger partial charge in [0.15, 0.2) is 5.82 Å². The van der Waals surface area contributed by atoms with E-state index in [1.165, 1.54) is 32.2 Å². The summed E-state index contributed by atoms with van der Waals surface area (Å²) in [6, 6.07) is 0.593. The Labute approximate surface area is 114 Å². The van der Waals surface area contributed by atoms with Gasteiger partial charge in [-0.1, -0.05) is 18.0 Å². The van der Waals surface area contributed by atoms with Crippen molar-refractivity contribution >= 4 is 0 Å². The first-order valence-electron chi connectivity index (χ1n) is 7.45. The fourth-order valence-electron chi connectivity index (χ4n) is 3.46. The van der Waals surface area contributed by atoms with Crippen LogP contribution in [0.25, 0.3) is 0 Å². The Bertz CT molecular complexity index is 425. The molecule has 0 aromatic carbocycles. The Morgan fingerprint density at radius 1 is 1.42 bits per heavy atom. The molecule has 1 spiro atoms. The SMILES string of the molecule is Cc1noc(CCN2CC3(CCCC3)NCC2C)n1. The van der Waals surface area contributed by atoms with Crippen molar-refractivity contribution < 1.29 is 4.52 Å². The van der Waals surface area contributed by atoms with Gasteiger partial charge in [0.1, 0.15) is 0 Å². The van der Waals surface area contributed by atoms with E-state index in [0.717, 1.165) is 31.2 Å². The van der Waals surface area contributed by atoms with Crippen LogP contribution >= 0.6 is 0 Å². The van der Waals surface area contributed by atoms with Gasteiger partial charge in [-0.15, -0.1) is 0 Å². The standard InChI is InChI=1S/C14H24N4O/c1-11-9-15-14(6-3-4-7-14)10-18(11)8-5-13-16-12(2)17-19-13/h11,15H,3-10H2,1-2H3. The average molecular weight is 264 g/mol. The van der Waals surface area contributed by atoms with Crippen LogP contribution in [0.1, 0.15) is 44.3 Å². The number of aromatic nitrogens is 2. The third kappa shape index (κ3) is 2.82. The van der Waals surface area contributed by atoms with Crippen molar-refractivity contribution in [3.05, 3.63) is 11.7 Å². The summed E-state index contributed by atoms with van der Waals surface area (Å²) in [6.07, 6.45) is 6.27. The lowest BCUT2D eigenvalue weighted by atomic mass is 9.92. The molecular formula is C14H24N4O. The van der Waals surface area contributed by atoms with E-state index in [9.17, 15) is 0 Å². The van der Waals surface area contributed by atoms with Gasteiger partial charge in [-0.05, 0) is 26.7 Å². The smallest absolute Gasteiger partial charge is 0.227 e. The van der Waals surface area contributed by atoms with Gasteiger partial charge in [-0.25, -0.2) is 0 Å². The lowest BCUT2D eigenvalue weighted by Crippen LogP contribution is -2.62. The Hall–Kier alpha value is -0.940. The van der Waals surface area contributed by atoms with E-state index in [2.05, 4.69) is 27.3 Å². The second-order valence-corrected chi connectivity index (χ2v) is 6.17. The summed E-state index contributed by atoms with van der Waals surface area (Å²) in [6.45, 7) is 7.46. The molecule has 1 N–H and O–H groups in total. The second kappa shape index (κ2) is 5.21. The molecule has 1 aliphatic heterocycles. The summed E-state index contributed by atoms with van der Waals surface area (Å²) in [5.41, 5.74) is 0.386. The van der Waals surface area contributed by atoms with Crippen molar-refractivity contribution in [1.29, 1.82) is 0 Å². The van der Waals surface area contributed by atoms with Crippen LogP contribution in [0.2, 0.25) is 0 Å². The Morgan fingerprint density at radius 3 is 2.89 bits per heavy atom. The van der Waals surface area contributed by atoms with Gasteiger partial charge in [0.05, 0.1) is 0 Å². The monoisotopic (exact) mass is 264 g/mol. The molecule has 5 nitrogen and oxygen atoms in total. The molecule has 2 aliphatic rings. The van der Waals surface area contributed by atoms with Crippen molar-refractivity contribution in [1.82, 2.24) is 20.4 Å². The van der Waals surface area contributed by atoms with Crippen LogP contribution in [-0.4, -0.2) is 46.3 Å². The maximum absolute atomic E-state index is 5.20. The van der Waals surface area contributed by atoms with Gasteiger partial charge >= 0.3 is 0 Å². The minimum atomic E-state index is 0.386. The first-order valence-corrected chi connectivity index (χ1v) is 7.45. The molecule has 2 heterocycles. The molecule has 1 aromatic heterocycles. The Balaban J connectivity index is 1.59. The fourth-order valence-corrected chi connectivity index (χ4v) is 3.46. The van der Waals surface area contributed by atoms with Crippen LogP contribution in [0.4, 0.5) is 0 Å². The zero-order valence-electron chi connectivity index (χ0n) is 12.0. The third-order valence-electron chi connectivity index (χ3n) is 4.64. The van der Waals surface area contributed by atoms with E-state index in [0.29, 0.717) is 11.6 Å². The van der Waals surface area contributed by atoms with Crippen LogP contribution < -0.4 is 5.32 Å². The Morgan fingerprint density at radius 2 is 2.21 bits per heavy atom. The quantitative estimate of drug-likeness (QED) is 0.897. The van der Waals surface area contributed by atoms with Gasteiger partial charge in [0.2, 0.25) is 5.89 Å². The molecule has 2 fully saturated rings. The van der Waals surface area contributed by atoms with Crippen molar-refractivity contribution in [2.75, 3.05) is 19.6 Å². The lowest BCUT2D eigenvalue weighted by Gasteiger charge is -2.45. The number of nitrogens with one attached hydrogen (secondary N) is 1. The molecule has 1 saturated heterocycles. The maximum Gasteiger partial charge on any atom is 0.227 e. The van der Waals surface area contributed by atoms with Crippen molar-refractivity contribution in [2.45, 2.75) is 57.5 Å². The summed E-state index contributed by atoms with van der Waals surface area (Å²) in [7, 11) is 0. The van der Waals surface area contributed by atoms with E-state index in [-0.39, 0.29) is 0 Å². The minimum absolute atomic E-state index is 0.386. The van der Waals surface area contributed by atoms with E-state index in [1.54, 1.807) is 0 Å². The molecule has 1 unspecified atom stereocenters. The second-order valence-electron chi connectivity index (χ2n) is 6.17. The predicted molar refractivity (Wildman–Crippen MR) is 73.0 cm³/mol. The van der Waals surface area contributed by atoms with E-state index in [1.807, 2.05) is 6.92 Å². The van der Waals surface area contributed by atoms with E-state index >= 15 is 0 Å². The maximum atomic E-state index is 5.20. The fraction of sp³-hybridized carbons (Fsp3) is 0.857. The number of aryl methyl sites for hydroxylation is 1. The topological polar surface area (TPSA) is 54.2 Å².